The van der Waals surface area contributed by atoms with Crippen LogP contribution in [0.1, 0.15) is 37.5 Å². The van der Waals surface area contributed by atoms with E-state index in [1.165, 1.54) is 6.07 Å². The van der Waals surface area contributed by atoms with Crippen LogP contribution in [-0.4, -0.2) is 5.11 Å². The van der Waals surface area contributed by atoms with E-state index < -0.39 is 11.7 Å². The summed E-state index contributed by atoms with van der Waals surface area (Å²) in [6.45, 7) is 6.35. The average molecular weight is 231 g/mol. The molecule has 0 fully saturated rings. The zero-order chi connectivity index (χ0) is 12.6. The van der Waals surface area contributed by atoms with Crippen LogP contribution in [0.4, 0.5) is 13.2 Å². The third kappa shape index (κ3) is 2.76. The Hall–Kier alpha value is -1.03. The molecule has 16 heavy (non-hydrogen) atoms. The molecule has 1 nitrogen and oxygen atoms in total. The maximum absolute atomic E-state index is 12.4. The second-order valence-electron chi connectivity index (χ2n) is 4.68. The standard InChI is InChI=1S/C12H14F3O/c1-11(2,3)10-5-4-9(12(13,14)15)6-8(10)7-16/h4-7,16H,1-3H3. The monoisotopic (exact) mass is 231 g/mol. The summed E-state index contributed by atoms with van der Waals surface area (Å²) >= 11 is 0. The van der Waals surface area contributed by atoms with Crippen molar-refractivity contribution >= 4 is 0 Å². The fourth-order valence-corrected chi connectivity index (χ4v) is 1.53. The molecule has 1 aromatic carbocycles. The van der Waals surface area contributed by atoms with Gasteiger partial charge in [-0.3, -0.25) is 0 Å². The van der Waals surface area contributed by atoms with E-state index in [2.05, 4.69) is 0 Å². The second kappa shape index (κ2) is 4.09. The van der Waals surface area contributed by atoms with Gasteiger partial charge in [0, 0.05) is 0 Å². The van der Waals surface area contributed by atoms with Gasteiger partial charge < -0.3 is 5.11 Å². The van der Waals surface area contributed by atoms with Crippen LogP contribution in [-0.2, 0) is 11.6 Å². The summed E-state index contributed by atoms with van der Waals surface area (Å²) < 4.78 is 37.3. The lowest BCUT2D eigenvalue weighted by Gasteiger charge is -2.23. The Morgan fingerprint density at radius 1 is 1.12 bits per heavy atom. The molecule has 0 unspecified atom stereocenters. The van der Waals surface area contributed by atoms with Crippen molar-refractivity contribution in [3.8, 4) is 0 Å². The maximum atomic E-state index is 12.4. The Labute approximate surface area is 92.9 Å². The van der Waals surface area contributed by atoms with Gasteiger partial charge in [0.15, 0.2) is 0 Å². The van der Waals surface area contributed by atoms with Gasteiger partial charge in [-0.25, -0.2) is 0 Å². The molecular formula is C12H14F3O. The maximum Gasteiger partial charge on any atom is 0.416 e. The summed E-state index contributed by atoms with van der Waals surface area (Å²) in [5.74, 6) is 0. The van der Waals surface area contributed by atoms with Crippen molar-refractivity contribution in [1.29, 1.82) is 0 Å². The molecule has 0 saturated heterocycles. The predicted octanol–water partition coefficient (Wildman–Crippen LogP) is 3.89. The minimum Gasteiger partial charge on any atom is -0.385 e. The van der Waals surface area contributed by atoms with Crippen LogP contribution in [0, 0.1) is 6.61 Å². The molecule has 1 N–H and O–H groups in total. The lowest BCUT2D eigenvalue weighted by molar-refractivity contribution is -0.137. The Morgan fingerprint density at radius 2 is 1.69 bits per heavy atom. The van der Waals surface area contributed by atoms with Crippen molar-refractivity contribution in [2.45, 2.75) is 32.4 Å². The fourth-order valence-electron chi connectivity index (χ4n) is 1.53. The SMILES string of the molecule is CC(C)(C)c1ccc(C(F)(F)F)cc1[CH]O. The Morgan fingerprint density at radius 3 is 2.06 bits per heavy atom. The van der Waals surface area contributed by atoms with E-state index in [9.17, 15) is 13.2 Å². The lowest BCUT2D eigenvalue weighted by atomic mass is 9.83. The van der Waals surface area contributed by atoms with Crippen molar-refractivity contribution in [2.75, 3.05) is 0 Å². The van der Waals surface area contributed by atoms with Gasteiger partial charge >= 0.3 is 6.18 Å². The summed E-state index contributed by atoms with van der Waals surface area (Å²) in [6, 6.07) is 3.40. The van der Waals surface area contributed by atoms with Gasteiger partial charge in [0.25, 0.3) is 0 Å². The van der Waals surface area contributed by atoms with Gasteiger partial charge in [-0.05, 0) is 28.7 Å². The quantitative estimate of drug-likeness (QED) is 0.777. The molecule has 1 aromatic rings. The average Bonchev–Trinajstić information content (AvgIpc) is 2.14. The molecular weight excluding hydrogens is 217 g/mol. The third-order valence-corrected chi connectivity index (χ3v) is 2.33. The molecule has 0 bridgehead atoms. The van der Waals surface area contributed by atoms with Crippen LogP contribution in [0.5, 0.6) is 0 Å². The van der Waals surface area contributed by atoms with Gasteiger partial charge in [0.2, 0.25) is 0 Å². The predicted molar refractivity (Wildman–Crippen MR) is 55.5 cm³/mol. The first kappa shape index (κ1) is 13.0. The van der Waals surface area contributed by atoms with Crippen LogP contribution in [0.25, 0.3) is 0 Å². The summed E-state index contributed by atoms with van der Waals surface area (Å²) in [4.78, 5) is 0. The van der Waals surface area contributed by atoms with E-state index in [-0.39, 0.29) is 11.0 Å². The highest BCUT2D eigenvalue weighted by Crippen LogP contribution is 2.34. The smallest absolute Gasteiger partial charge is 0.385 e. The fraction of sp³-hybridized carbons (Fsp3) is 0.417. The molecule has 89 valence electrons. The van der Waals surface area contributed by atoms with Crippen molar-refractivity contribution in [2.24, 2.45) is 0 Å². The molecule has 0 amide bonds. The van der Waals surface area contributed by atoms with Crippen LogP contribution in [0.15, 0.2) is 18.2 Å². The topological polar surface area (TPSA) is 20.2 Å². The lowest BCUT2D eigenvalue weighted by Crippen LogP contribution is -2.15. The molecule has 0 aliphatic rings. The first-order valence-electron chi connectivity index (χ1n) is 4.85. The minimum absolute atomic E-state index is 0.210. The van der Waals surface area contributed by atoms with Crippen LogP contribution in [0.2, 0.25) is 0 Å². The van der Waals surface area contributed by atoms with Crippen molar-refractivity contribution < 1.29 is 18.3 Å². The summed E-state index contributed by atoms with van der Waals surface area (Å²) in [7, 11) is 0. The van der Waals surface area contributed by atoms with Gasteiger partial charge in [-0.2, -0.15) is 13.2 Å². The van der Waals surface area contributed by atoms with Gasteiger partial charge in [0.05, 0.1) is 5.56 Å². The first-order valence-corrected chi connectivity index (χ1v) is 4.85. The number of aliphatic hydroxyl groups excluding tert-OH is 1. The molecule has 0 atom stereocenters. The molecule has 4 heteroatoms. The van der Waals surface area contributed by atoms with E-state index in [0.29, 0.717) is 5.56 Å². The third-order valence-electron chi connectivity index (χ3n) is 2.33. The molecule has 0 saturated carbocycles. The normalized spacial score (nSPS) is 12.9. The molecule has 1 radical (unpaired) electrons. The van der Waals surface area contributed by atoms with Gasteiger partial charge in [-0.15, -0.1) is 0 Å². The van der Waals surface area contributed by atoms with Gasteiger partial charge in [0.1, 0.15) is 6.61 Å². The number of hydrogen-bond donors (Lipinski definition) is 1. The van der Waals surface area contributed by atoms with E-state index in [1.54, 1.807) is 0 Å². The number of benzene rings is 1. The van der Waals surface area contributed by atoms with E-state index in [1.807, 2.05) is 20.8 Å². The minimum atomic E-state index is -4.38. The van der Waals surface area contributed by atoms with Gasteiger partial charge in [-0.1, -0.05) is 26.8 Å². The van der Waals surface area contributed by atoms with Crippen LogP contribution >= 0.6 is 0 Å². The Bertz CT molecular complexity index is 375. The summed E-state index contributed by atoms with van der Waals surface area (Å²) in [6.07, 6.45) is -4.38. The van der Waals surface area contributed by atoms with E-state index in [4.69, 9.17) is 5.11 Å². The first-order chi connectivity index (χ1) is 7.16. The second-order valence-corrected chi connectivity index (χ2v) is 4.68. The highest BCUT2D eigenvalue weighted by molar-refractivity contribution is 5.40. The summed E-state index contributed by atoms with van der Waals surface area (Å²) in [5.41, 5.74) is -0.162. The molecule has 0 aliphatic heterocycles. The molecule has 0 heterocycles. The zero-order valence-electron chi connectivity index (χ0n) is 9.39. The number of alkyl halides is 3. The molecule has 1 rings (SSSR count). The number of rotatable bonds is 1. The zero-order valence-corrected chi connectivity index (χ0v) is 9.39. The Balaban J connectivity index is 3.28. The highest BCUT2D eigenvalue weighted by atomic mass is 19.4. The van der Waals surface area contributed by atoms with E-state index >= 15 is 0 Å². The van der Waals surface area contributed by atoms with Crippen molar-refractivity contribution in [3.63, 3.8) is 0 Å². The largest absolute Gasteiger partial charge is 0.416 e. The number of aliphatic hydroxyl groups is 1. The van der Waals surface area contributed by atoms with Crippen molar-refractivity contribution in [1.82, 2.24) is 0 Å². The number of hydrogen-bond acceptors (Lipinski definition) is 1. The molecule has 0 spiro atoms. The van der Waals surface area contributed by atoms with E-state index in [0.717, 1.165) is 18.7 Å². The van der Waals surface area contributed by atoms with Crippen LogP contribution in [0.3, 0.4) is 0 Å². The highest BCUT2D eigenvalue weighted by Gasteiger charge is 2.31. The Kier molecular flexibility index (Phi) is 3.33. The molecule has 0 aliphatic carbocycles. The molecule has 0 aromatic heterocycles. The van der Waals surface area contributed by atoms with Crippen LogP contribution < -0.4 is 0 Å². The van der Waals surface area contributed by atoms with Crippen molar-refractivity contribution in [3.05, 3.63) is 41.5 Å². The number of halogens is 3. The summed E-state index contributed by atoms with van der Waals surface area (Å²) in [5, 5.41) is 8.98.